The van der Waals surface area contributed by atoms with Gasteiger partial charge >= 0.3 is 0 Å². The van der Waals surface area contributed by atoms with E-state index in [1.165, 1.54) is 42.6 Å². The zero-order valence-corrected chi connectivity index (χ0v) is 12.6. The zero-order chi connectivity index (χ0) is 13.7. The molecule has 2 rings (SSSR count). The monoisotopic (exact) mass is 261 g/mol. The number of aromatic nitrogens is 1. The Hall–Kier alpha value is -1.09. The van der Waals surface area contributed by atoms with Gasteiger partial charge in [0.05, 0.1) is 0 Å². The normalized spacial score (nSPS) is 15.8. The van der Waals surface area contributed by atoms with Gasteiger partial charge in [0.1, 0.15) is 5.82 Å². The highest BCUT2D eigenvalue weighted by molar-refractivity contribution is 5.51. The minimum Gasteiger partial charge on any atom is -0.356 e. The van der Waals surface area contributed by atoms with E-state index in [1.807, 2.05) is 0 Å². The van der Waals surface area contributed by atoms with Gasteiger partial charge in [-0.05, 0) is 57.7 Å². The molecule has 0 aliphatic carbocycles. The Morgan fingerprint density at radius 1 is 1.21 bits per heavy atom. The van der Waals surface area contributed by atoms with E-state index in [4.69, 9.17) is 4.98 Å². The summed E-state index contributed by atoms with van der Waals surface area (Å²) in [6.07, 6.45) is 5.15. The molecule has 0 bridgehead atoms. The summed E-state index contributed by atoms with van der Waals surface area (Å²) >= 11 is 0. The van der Waals surface area contributed by atoms with Gasteiger partial charge in [-0.1, -0.05) is 6.92 Å². The van der Waals surface area contributed by atoms with Gasteiger partial charge < -0.3 is 10.2 Å². The predicted octanol–water partition coefficient (Wildman–Crippen LogP) is 3.19. The van der Waals surface area contributed by atoms with E-state index in [2.05, 4.69) is 37.1 Å². The van der Waals surface area contributed by atoms with Crippen molar-refractivity contribution in [3.8, 4) is 0 Å². The number of pyridine rings is 1. The van der Waals surface area contributed by atoms with Crippen LogP contribution in [0.1, 0.15) is 49.4 Å². The van der Waals surface area contributed by atoms with E-state index in [-0.39, 0.29) is 0 Å². The van der Waals surface area contributed by atoms with Crippen LogP contribution in [0, 0.1) is 13.8 Å². The minimum atomic E-state index is 0.943. The first-order chi connectivity index (χ1) is 9.22. The molecule has 0 amide bonds. The Morgan fingerprint density at radius 2 is 1.95 bits per heavy atom. The molecule has 1 saturated heterocycles. The first-order valence-corrected chi connectivity index (χ1v) is 7.65. The molecule has 0 aromatic carbocycles. The summed E-state index contributed by atoms with van der Waals surface area (Å²) in [6, 6.07) is 2.20. The Kier molecular flexibility index (Phi) is 5.20. The summed E-state index contributed by atoms with van der Waals surface area (Å²) in [4.78, 5) is 7.30. The lowest BCUT2D eigenvalue weighted by atomic mass is 10.1. The molecule has 1 aliphatic rings. The third kappa shape index (κ3) is 3.69. The number of hydrogen-bond donors (Lipinski definition) is 1. The van der Waals surface area contributed by atoms with Crippen LogP contribution >= 0.6 is 0 Å². The highest BCUT2D eigenvalue weighted by Crippen LogP contribution is 2.25. The number of anilines is 1. The molecule has 106 valence electrons. The Bertz CT molecular complexity index is 409. The highest BCUT2D eigenvalue weighted by Gasteiger charge is 2.17. The van der Waals surface area contributed by atoms with E-state index in [1.54, 1.807) is 0 Å². The molecule has 3 heteroatoms. The Labute approximate surface area is 117 Å². The summed E-state index contributed by atoms with van der Waals surface area (Å²) in [5, 5.41) is 3.52. The average molecular weight is 261 g/mol. The number of aryl methyl sites for hydroxylation is 2. The van der Waals surface area contributed by atoms with Crippen LogP contribution in [0.2, 0.25) is 0 Å². The average Bonchev–Trinajstić information content (AvgIpc) is 2.42. The van der Waals surface area contributed by atoms with Gasteiger partial charge in [0.25, 0.3) is 0 Å². The van der Waals surface area contributed by atoms with Crippen molar-refractivity contribution in [2.45, 2.75) is 53.0 Å². The standard InChI is InChI=1S/C16H27N3/c1-4-8-17-12-15-13(2)11-14(3)18-16(15)19-9-6-5-7-10-19/h11,17H,4-10,12H2,1-3H3. The van der Waals surface area contributed by atoms with Gasteiger partial charge in [-0.3, -0.25) is 0 Å². The van der Waals surface area contributed by atoms with Gasteiger partial charge in [-0.15, -0.1) is 0 Å². The van der Waals surface area contributed by atoms with Gasteiger partial charge in [-0.2, -0.15) is 0 Å². The molecule has 0 atom stereocenters. The van der Waals surface area contributed by atoms with E-state index >= 15 is 0 Å². The third-order valence-electron chi connectivity index (χ3n) is 3.84. The Balaban J connectivity index is 2.22. The van der Waals surface area contributed by atoms with Crippen LogP contribution in [0.3, 0.4) is 0 Å². The van der Waals surface area contributed by atoms with E-state index in [0.717, 1.165) is 31.9 Å². The van der Waals surface area contributed by atoms with Crippen LogP contribution in [-0.2, 0) is 6.54 Å². The zero-order valence-electron chi connectivity index (χ0n) is 12.6. The summed E-state index contributed by atoms with van der Waals surface area (Å²) in [5.74, 6) is 1.22. The number of rotatable bonds is 5. The van der Waals surface area contributed by atoms with Gasteiger partial charge in [0.15, 0.2) is 0 Å². The van der Waals surface area contributed by atoms with Crippen LogP contribution in [0.4, 0.5) is 5.82 Å². The predicted molar refractivity (Wildman–Crippen MR) is 81.8 cm³/mol. The van der Waals surface area contributed by atoms with Crippen molar-refractivity contribution in [1.29, 1.82) is 0 Å². The molecule has 0 saturated carbocycles. The topological polar surface area (TPSA) is 28.2 Å². The second-order valence-corrected chi connectivity index (χ2v) is 5.61. The molecule has 0 unspecified atom stereocenters. The molecule has 1 aliphatic heterocycles. The fraction of sp³-hybridized carbons (Fsp3) is 0.688. The van der Waals surface area contributed by atoms with Crippen molar-refractivity contribution in [3.05, 3.63) is 22.9 Å². The molecule has 0 spiro atoms. The van der Waals surface area contributed by atoms with Gasteiger partial charge in [0, 0.05) is 30.9 Å². The maximum Gasteiger partial charge on any atom is 0.133 e. The fourth-order valence-corrected chi connectivity index (χ4v) is 2.82. The maximum atomic E-state index is 4.82. The fourth-order valence-electron chi connectivity index (χ4n) is 2.82. The van der Waals surface area contributed by atoms with E-state index < -0.39 is 0 Å². The summed E-state index contributed by atoms with van der Waals surface area (Å²) in [6.45, 7) is 10.9. The minimum absolute atomic E-state index is 0.943. The maximum absolute atomic E-state index is 4.82. The second-order valence-electron chi connectivity index (χ2n) is 5.61. The molecule has 1 N–H and O–H groups in total. The molecule has 2 heterocycles. The molecule has 1 aromatic heterocycles. The molecule has 19 heavy (non-hydrogen) atoms. The van der Waals surface area contributed by atoms with E-state index in [9.17, 15) is 0 Å². The first kappa shape index (κ1) is 14.3. The molecular formula is C16H27N3. The van der Waals surface area contributed by atoms with Crippen LogP contribution in [-0.4, -0.2) is 24.6 Å². The number of hydrogen-bond acceptors (Lipinski definition) is 3. The lowest BCUT2D eigenvalue weighted by Gasteiger charge is -2.30. The van der Waals surface area contributed by atoms with Crippen LogP contribution in [0.15, 0.2) is 6.07 Å². The molecule has 0 radical (unpaired) electrons. The van der Waals surface area contributed by atoms with Crippen molar-refractivity contribution < 1.29 is 0 Å². The van der Waals surface area contributed by atoms with Crippen LogP contribution < -0.4 is 10.2 Å². The van der Waals surface area contributed by atoms with Crippen LogP contribution in [0.25, 0.3) is 0 Å². The highest BCUT2D eigenvalue weighted by atomic mass is 15.2. The van der Waals surface area contributed by atoms with Crippen molar-refractivity contribution in [1.82, 2.24) is 10.3 Å². The number of nitrogens with one attached hydrogen (secondary N) is 1. The van der Waals surface area contributed by atoms with Gasteiger partial charge in [0.2, 0.25) is 0 Å². The van der Waals surface area contributed by atoms with Crippen molar-refractivity contribution in [2.24, 2.45) is 0 Å². The molecule has 1 fully saturated rings. The quantitative estimate of drug-likeness (QED) is 0.825. The molecule has 3 nitrogen and oxygen atoms in total. The Morgan fingerprint density at radius 3 is 2.63 bits per heavy atom. The summed E-state index contributed by atoms with van der Waals surface area (Å²) < 4.78 is 0. The van der Waals surface area contributed by atoms with Gasteiger partial charge in [-0.25, -0.2) is 4.98 Å². The summed E-state index contributed by atoms with van der Waals surface area (Å²) in [7, 11) is 0. The van der Waals surface area contributed by atoms with E-state index in [0.29, 0.717) is 0 Å². The lowest BCUT2D eigenvalue weighted by molar-refractivity contribution is 0.568. The first-order valence-electron chi connectivity index (χ1n) is 7.65. The molecule has 1 aromatic rings. The van der Waals surface area contributed by atoms with Crippen molar-refractivity contribution >= 4 is 5.82 Å². The second kappa shape index (κ2) is 6.90. The van der Waals surface area contributed by atoms with Crippen molar-refractivity contribution in [2.75, 3.05) is 24.5 Å². The summed E-state index contributed by atoms with van der Waals surface area (Å²) in [5.41, 5.74) is 3.90. The smallest absolute Gasteiger partial charge is 0.133 e. The molecular weight excluding hydrogens is 234 g/mol. The number of nitrogens with zero attached hydrogens (tertiary/aromatic N) is 2. The van der Waals surface area contributed by atoms with Crippen LogP contribution in [0.5, 0.6) is 0 Å². The largest absolute Gasteiger partial charge is 0.356 e. The number of piperidine rings is 1. The SMILES string of the molecule is CCCNCc1c(C)cc(C)nc1N1CCCCC1. The third-order valence-corrected chi connectivity index (χ3v) is 3.84. The lowest BCUT2D eigenvalue weighted by Crippen LogP contribution is -2.32. The van der Waals surface area contributed by atoms with Crippen molar-refractivity contribution in [3.63, 3.8) is 0 Å².